The normalized spacial score (nSPS) is 11.6. The highest BCUT2D eigenvalue weighted by Crippen LogP contribution is 2.45. The quantitative estimate of drug-likeness (QED) is 0.170. The van der Waals surface area contributed by atoms with Crippen molar-refractivity contribution in [2.45, 2.75) is 0 Å². The van der Waals surface area contributed by atoms with Gasteiger partial charge in [0.25, 0.3) is 0 Å². The van der Waals surface area contributed by atoms with Crippen molar-refractivity contribution in [1.29, 1.82) is 0 Å². The molecule has 11 aromatic rings. The molecule has 3 nitrogen and oxygen atoms in total. The van der Waals surface area contributed by atoms with E-state index in [9.17, 15) is 0 Å². The van der Waals surface area contributed by atoms with Crippen molar-refractivity contribution in [3.63, 3.8) is 0 Å². The first-order valence-corrected chi connectivity index (χ1v) is 20.3. The van der Waals surface area contributed by atoms with Crippen LogP contribution in [0.2, 0.25) is 0 Å². The Balaban J connectivity index is 1.18. The number of rotatable bonds is 6. The number of nitrogens with zero attached hydrogens (tertiary/aromatic N) is 3. The van der Waals surface area contributed by atoms with Gasteiger partial charge in [-0.1, -0.05) is 115 Å². The second-order valence-electron chi connectivity index (χ2n) is 14.0. The van der Waals surface area contributed by atoms with Crippen LogP contribution in [0.5, 0.6) is 0 Å². The first-order chi connectivity index (χ1) is 27.7. The maximum absolute atomic E-state index is 5.39. The molecule has 0 bridgehead atoms. The van der Waals surface area contributed by atoms with Crippen LogP contribution in [0.1, 0.15) is 0 Å². The fourth-order valence-corrected chi connectivity index (χ4v) is 10.2. The summed E-state index contributed by atoms with van der Waals surface area (Å²) in [6.45, 7) is 0. The molecule has 0 aliphatic carbocycles. The van der Waals surface area contributed by atoms with Crippen LogP contribution < -0.4 is 0 Å². The average molecular weight is 750 g/mol. The second-order valence-corrected chi connectivity index (χ2v) is 16.2. The van der Waals surface area contributed by atoms with Gasteiger partial charge in [-0.3, -0.25) is 4.98 Å². The standard InChI is InChI=1S/C51H31N3S2/c1-2-12-32(13-3-1)43-30-44(34-15-8-14-33(26-34)35-16-11-25-52-31-35)54-51(53-43)38-28-36(39-19-9-23-47-49(39)41-17-4-6-21-45(41)55-47)27-37(29-38)40-20-10-24-48-50(40)42-18-5-7-22-46(42)56-48/h1-31H. The molecule has 0 N–H and O–H groups in total. The third-order valence-electron chi connectivity index (χ3n) is 10.6. The van der Waals surface area contributed by atoms with Gasteiger partial charge in [-0.15, -0.1) is 22.7 Å². The zero-order valence-corrected chi connectivity index (χ0v) is 31.7. The van der Waals surface area contributed by atoms with Gasteiger partial charge in [0.1, 0.15) is 0 Å². The van der Waals surface area contributed by atoms with E-state index in [1.165, 1.54) is 51.5 Å². The molecule has 262 valence electrons. The van der Waals surface area contributed by atoms with Crippen LogP contribution in [0.3, 0.4) is 0 Å². The Hall–Kier alpha value is -6.79. The molecule has 5 heteroatoms. The molecule has 0 spiro atoms. The van der Waals surface area contributed by atoms with Crippen molar-refractivity contribution >= 4 is 63.0 Å². The molecule has 56 heavy (non-hydrogen) atoms. The Morgan fingerprint density at radius 1 is 0.339 bits per heavy atom. The summed E-state index contributed by atoms with van der Waals surface area (Å²) in [5.41, 5.74) is 11.6. The van der Waals surface area contributed by atoms with Crippen molar-refractivity contribution in [2.24, 2.45) is 0 Å². The highest BCUT2D eigenvalue weighted by molar-refractivity contribution is 7.26. The van der Waals surface area contributed by atoms with E-state index in [0.29, 0.717) is 5.82 Å². The monoisotopic (exact) mass is 749 g/mol. The van der Waals surface area contributed by atoms with Gasteiger partial charge in [-0.2, -0.15) is 0 Å². The van der Waals surface area contributed by atoms with Gasteiger partial charge in [-0.25, -0.2) is 9.97 Å². The summed E-state index contributed by atoms with van der Waals surface area (Å²) in [5, 5.41) is 5.11. The van der Waals surface area contributed by atoms with Crippen molar-refractivity contribution in [3.05, 3.63) is 188 Å². The van der Waals surface area contributed by atoms with Gasteiger partial charge >= 0.3 is 0 Å². The third-order valence-corrected chi connectivity index (χ3v) is 12.8. The highest BCUT2D eigenvalue weighted by Gasteiger charge is 2.18. The minimum atomic E-state index is 0.681. The molecule has 0 aliphatic rings. The summed E-state index contributed by atoms with van der Waals surface area (Å²) in [4.78, 5) is 15.1. The van der Waals surface area contributed by atoms with E-state index >= 15 is 0 Å². The molecule has 0 unspecified atom stereocenters. The molecule has 4 aromatic heterocycles. The maximum atomic E-state index is 5.39. The van der Waals surface area contributed by atoms with Crippen molar-refractivity contribution in [3.8, 4) is 67.3 Å². The lowest BCUT2D eigenvalue weighted by Gasteiger charge is -2.14. The molecule has 4 heterocycles. The Labute approximate surface area is 331 Å². The van der Waals surface area contributed by atoms with Crippen molar-refractivity contribution < 1.29 is 0 Å². The molecular weight excluding hydrogens is 719 g/mol. The lowest BCUT2D eigenvalue weighted by atomic mass is 9.91. The van der Waals surface area contributed by atoms with Crippen LogP contribution in [-0.2, 0) is 0 Å². The molecule has 0 atom stereocenters. The van der Waals surface area contributed by atoms with E-state index in [1.807, 2.05) is 41.0 Å². The number of aromatic nitrogens is 3. The number of fused-ring (bicyclic) bond motifs is 6. The molecule has 7 aromatic carbocycles. The van der Waals surface area contributed by atoms with Crippen LogP contribution in [0.4, 0.5) is 0 Å². The average Bonchev–Trinajstić information content (AvgIpc) is 3.86. The number of thiophene rings is 2. The van der Waals surface area contributed by atoms with Crippen LogP contribution in [0, 0.1) is 0 Å². The highest BCUT2D eigenvalue weighted by atomic mass is 32.1. The lowest BCUT2D eigenvalue weighted by Crippen LogP contribution is -1.97. The van der Waals surface area contributed by atoms with Crippen molar-refractivity contribution in [1.82, 2.24) is 15.0 Å². The minimum Gasteiger partial charge on any atom is -0.264 e. The topological polar surface area (TPSA) is 38.7 Å². The van der Waals surface area contributed by atoms with Crippen LogP contribution in [-0.4, -0.2) is 15.0 Å². The summed E-state index contributed by atoms with van der Waals surface area (Å²) >= 11 is 3.69. The third kappa shape index (κ3) is 5.68. The van der Waals surface area contributed by atoms with E-state index in [-0.39, 0.29) is 0 Å². The number of hydrogen-bond acceptors (Lipinski definition) is 5. The zero-order chi connectivity index (χ0) is 37.0. The number of benzene rings is 7. The SMILES string of the molecule is c1ccc(-c2cc(-c3cccc(-c4cccnc4)c3)nc(-c3cc(-c4cccc5sc6ccccc6c45)cc(-c4cccc5sc6ccccc6c45)c3)n2)cc1. The van der Waals surface area contributed by atoms with E-state index in [1.54, 1.807) is 6.20 Å². The molecule has 0 saturated heterocycles. The fourth-order valence-electron chi connectivity index (χ4n) is 7.97. The van der Waals surface area contributed by atoms with E-state index in [4.69, 9.17) is 9.97 Å². The fraction of sp³-hybridized carbons (Fsp3) is 0. The van der Waals surface area contributed by atoms with Gasteiger partial charge < -0.3 is 0 Å². The zero-order valence-electron chi connectivity index (χ0n) is 30.1. The predicted molar refractivity (Wildman–Crippen MR) is 238 cm³/mol. The Morgan fingerprint density at radius 2 is 0.839 bits per heavy atom. The van der Waals surface area contributed by atoms with Gasteiger partial charge in [0.2, 0.25) is 0 Å². The van der Waals surface area contributed by atoms with E-state index < -0.39 is 0 Å². The Bertz CT molecular complexity index is 3120. The molecule has 11 rings (SSSR count). The molecule has 0 saturated carbocycles. The molecule has 0 aliphatic heterocycles. The van der Waals surface area contributed by atoms with Crippen molar-refractivity contribution in [2.75, 3.05) is 0 Å². The van der Waals surface area contributed by atoms with Crippen LogP contribution in [0.15, 0.2) is 188 Å². The van der Waals surface area contributed by atoms with E-state index in [0.717, 1.165) is 50.3 Å². The van der Waals surface area contributed by atoms with Gasteiger partial charge in [0.15, 0.2) is 5.82 Å². The smallest absolute Gasteiger partial charge is 0.160 e. The minimum absolute atomic E-state index is 0.681. The van der Waals surface area contributed by atoms with Gasteiger partial charge in [0.05, 0.1) is 11.4 Å². The number of hydrogen-bond donors (Lipinski definition) is 0. The van der Waals surface area contributed by atoms with E-state index in [2.05, 4.69) is 169 Å². The Morgan fingerprint density at radius 3 is 1.48 bits per heavy atom. The van der Waals surface area contributed by atoms with Gasteiger partial charge in [-0.05, 0) is 88.5 Å². The predicted octanol–water partition coefficient (Wildman–Crippen LogP) is 14.6. The number of pyridine rings is 1. The summed E-state index contributed by atoms with van der Waals surface area (Å²) in [7, 11) is 0. The Kier molecular flexibility index (Phi) is 7.87. The first-order valence-electron chi connectivity index (χ1n) is 18.7. The molecule has 0 fully saturated rings. The first kappa shape index (κ1) is 32.6. The van der Waals surface area contributed by atoms with Crippen LogP contribution >= 0.6 is 22.7 Å². The van der Waals surface area contributed by atoms with Gasteiger partial charge in [0, 0.05) is 75.0 Å². The summed E-state index contributed by atoms with van der Waals surface area (Å²) < 4.78 is 5.13. The second kappa shape index (κ2) is 13.5. The summed E-state index contributed by atoms with van der Waals surface area (Å²) in [5.74, 6) is 0.681. The molecule has 0 amide bonds. The van der Waals surface area contributed by atoms with Crippen LogP contribution in [0.25, 0.3) is 108 Å². The largest absolute Gasteiger partial charge is 0.264 e. The maximum Gasteiger partial charge on any atom is 0.160 e. The lowest BCUT2D eigenvalue weighted by molar-refractivity contribution is 1.18. The summed E-state index contributed by atoms with van der Waals surface area (Å²) in [6, 6.07) is 63.0. The molecule has 0 radical (unpaired) electrons. The molecular formula is C51H31N3S2. The summed E-state index contributed by atoms with van der Waals surface area (Å²) in [6.07, 6.45) is 3.71.